The van der Waals surface area contributed by atoms with Crippen molar-refractivity contribution in [3.8, 4) is 5.75 Å². The highest BCUT2D eigenvalue weighted by atomic mass is 79.9. The topological polar surface area (TPSA) is 76.7 Å². The molecule has 0 aromatic heterocycles. The molecule has 23 heavy (non-hydrogen) atoms. The number of urea groups is 1. The van der Waals surface area contributed by atoms with Crippen molar-refractivity contribution in [1.29, 1.82) is 0 Å². The van der Waals surface area contributed by atoms with Gasteiger partial charge in [0.05, 0.1) is 25.5 Å². The monoisotopic (exact) mass is 378 g/mol. The molecule has 0 saturated carbocycles. The molecule has 2 amide bonds. The molecule has 0 bridgehead atoms. The quantitative estimate of drug-likeness (QED) is 0.791. The maximum absolute atomic E-state index is 12.1. The van der Waals surface area contributed by atoms with Gasteiger partial charge >= 0.3 is 12.0 Å². The third kappa shape index (κ3) is 4.23. The van der Waals surface area contributed by atoms with E-state index in [1.165, 1.54) is 20.3 Å². The third-order valence-corrected chi connectivity index (χ3v) is 3.68. The Kier molecular flexibility index (Phi) is 5.59. The lowest BCUT2D eigenvalue weighted by Gasteiger charge is -2.12. The van der Waals surface area contributed by atoms with E-state index < -0.39 is 12.0 Å². The number of carbonyl (C=O) groups is 2. The number of halogens is 1. The van der Waals surface area contributed by atoms with Crippen LogP contribution in [0.25, 0.3) is 0 Å². The predicted molar refractivity (Wildman–Crippen MR) is 91.1 cm³/mol. The van der Waals surface area contributed by atoms with E-state index >= 15 is 0 Å². The van der Waals surface area contributed by atoms with Crippen LogP contribution in [0.4, 0.5) is 16.2 Å². The zero-order chi connectivity index (χ0) is 16.8. The minimum atomic E-state index is -0.495. The van der Waals surface area contributed by atoms with E-state index in [0.717, 1.165) is 0 Å². The van der Waals surface area contributed by atoms with Crippen LogP contribution in [0.1, 0.15) is 10.4 Å². The van der Waals surface area contributed by atoms with Crippen molar-refractivity contribution in [2.45, 2.75) is 0 Å². The van der Waals surface area contributed by atoms with Crippen molar-refractivity contribution in [2.75, 3.05) is 24.9 Å². The summed E-state index contributed by atoms with van der Waals surface area (Å²) in [4.78, 5) is 23.7. The number of carbonyl (C=O) groups excluding carboxylic acids is 2. The second kappa shape index (κ2) is 7.64. The zero-order valence-corrected chi connectivity index (χ0v) is 14.1. The van der Waals surface area contributed by atoms with Crippen LogP contribution in [0.2, 0.25) is 0 Å². The molecule has 0 fully saturated rings. The molecule has 2 aromatic rings. The lowest BCUT2D eigenvalue weighted by Crippen LogP contribution is -2.20. The summed E-state index contributed by atoms with van der Waals surface area (Å²) in [5.74, 6) is 0.0550. The van der Waals surface area contributed by atoms with Gasteiger partial charge in [-0.25, -0.2) is 9.59 Å². The summed E-state index contributed by atoms with van der Waals surface area (Å²) in [7, 11) is 2.82. The molecular weight excluding hydrogens is 364 g/mol. The number of nitrogens with one attached hydrogen (secondary N) is 2. The highest BCUT2D eigenvalue weighted by Gasteiger charge is 2.13. The fourth-order valence-electron chi connectivity index (χ4n) is 1.90. The van der Waals surface area contributed by atoms with Crippen molar-refractivity contribution in [3.05, 3.63) is 52.5 Å². The van der Waals surface area contributed by atoms with Gasteiger partial charge in [-0.3, -0.25) is 0 Å². The number of rotatable bonds is 4. The van der Waals surface area contributed by atoms with Gasteiger partial charge in [-0.1, -0.05) is 12.1 Å². The number of amides is 2. The summed E-state index contributed by atoms with van der Waals surface area (Å²) < 4.78 is 10.4. The van der Waals surface area contributed by atoms with Crippen molar-refractivity contribution < 1.29 is 19.1 Å². The van der Waals surface area contributed by atoms with Crippen LogP contribution in [0.5, 0.6) is 5.75 Å². The van der Waals surface area contributed by atoms with Gasteiger partial charge in [0.15, 0.2) is 0 Å². The van der Waals surface area contributed by atoms with Gasteiger partial charge in [0.25, 0.3) is 0 Å². The minimum Gasteiger partial charge on any atom is -0.495 e. The number of esters is 1. The number of methoxy groups -OCH3 is 2. The Labute approximate surface area is 141 Å². The Hall–Kier alpha value is -2.54. The van der Waals surface area contributed by atoms with Crippen LogP contribution in [0.3, 0.4) is 0 Å². The number of benzene rings is 2. The van der Waals surface area contributed by atoms with E-state index in [0.29, 0.717) is 27.2 Å². The Bertz CT molecular complexity index is 734. The molecule has 0 heterocycles. The standard InChI is InChI=1S/C16H15BrN2O4/c1-22-14-6-4-3-5-13(14)19-16(21)18-10-7-8-12(17)11(9-10)15(20)23-2/h3-9H,1-2H3,(H2,18,19,21). The van der Waals surface area contributed by atoms with Crippen molar-refractivity contribution in [3.63, 3.8) is 0 Å². The van der Waals surface area contributed by atoms with Gasteiger partial charge in [-0.15, -0.1) is 0 Å². The third-order valence-electron chi connectivity index (χ3n) is 2.98. The Morgan fingerprint density at radius 1 is 1.04 bits per heavy atom. The average Bonchev–Trinajstić information content (AvgIpc) is 2.56. The number of para-hydroxylation sites is 2. The normalized spacial score (nSPS) is 9.87. The molecule has 2 N–H and O–H groups in total. The van der Waals surface area contributed by atoms with Gasteiger partial charge < -0.3 is 20.1 Å². The SMILES string of the molecule is COC(=O)c1cc(NC(=O)Nc2ccccc2OC)ccc1Br. The summed E-state index contributed by atoms with van der Waals surface area (Å²) in [5.41, 5.74) is 1.32. The molecule has 0 atom stereocenters. The molecule has 0 spiro atoms. The summed E-state index contributed by atoms with van der Waals surface area (Å²) in [6.07, 6.45) is 0. The molecule has 0 aliphatic heterocycles. The fraction of sp³-hybridized carbons (Fsp3) is 0.125. The average molecular weight is 379 g/mol. The molecule has 0 aliphatic carbocycles. The molecule has 2 aromatic carbocycles. The number of hydrogen-bond acceptors (Lipinski definition) is 4. The summed E-state index contributed by atoms with van der Waals surface area (Å²) >= 11 is 3.27. The molecule has 0 saturated heterocycles. The molecule has 0 aliphatic rings. The molecular formula is C16H15BrN2O4. The van der Waals surface area contributed by atoms with E-state index in [1.807, 2.05) is 0 Å². The highest BCUT2D eigenvalue weighted by molar-refractivity contribution is 9.10. The van der Waals surface area contributed by atoms with E-state index in [2.05, 4.69) is 31.3 Å². The first-order valence-electron chi connectivity index (χ1n) is 6.64. The molecule has 7 heteroatoms. The van der Waals surface area contributed by atoms with Crippen molar-refractivity contribution >= 4 is 39.3 Å². The second-order valence-corrected chi connectivity index (χ2v) is 5.32. The van der Waals surface area contributed by atoms with Crippen LogP contribution in [-0.4, -0.2) is 26.2 Å². The summed E-state index contributed by atoms with van der Waals surface area (Å²) in [6, 6.07) is 11.4. The highest BCUT2D eigenvalue weighted by Crippen LogP contribution is 2.24. The van der Waals surface area contributed by atoms with Crippen LogP contribution in [0, 0.1) is 0 Å². The first-order chi connectivity index (χ1) is 11.0. The molecule has 6 nitrogen and oxygen atoms in total. The van der Waals surface area contributed by atoms with Crippen LogP contribution in [0.15, 0.2) is 46.9 Å². The zero-order valence-electron chi connectivity index (χ0n) is 12.6. The summed E-state index contributed by atoms with van der Waals surface area (Å²) in [5, 5.41) is 5.34. The van der Waals surface area contributed by atoms with Crippen LogP contribution in [-0.2, 0) is 4.74 Å². The fourth-order valence-corrected chi connectivity index (χ4v) is 2.31. The number of ether oxygens (including phenoxy) is 2. The Balaban J connectivity index is 2.13. The van der Waals surface area contributed by atoms with Crippen LogP contribution >= 0.6 is 15.9 Å². The number of anilines is 2. The van der Waals surface area contributed by atoms with E-state index in [9.17, 15) is 9.59 Å². The summed E-state index contributed by atoms with van der Waals surface area (Å²) in [6.45, 7) is 0. The van der Waals surface area contributed by atoms with Crippen LogP contribution < -0.4 is 15.4 Å². The molecule has 2 rings (SSSR count). The van der Waals surface area contributed by atoms with Crippen molar-refractivity contribution in [2.24, 2.45) is 0 Å². The predicted octanol–water partition coefficient (Wildman–Crippen LogP) is 3.89. The Morgan fingerprint density at radius 3 is 2.48 bits per heavy atom. The van der Waals surface area contributed by atoms with Gasteiger partial charge in [0.2, 0.25) is 0 Å². The Morgan fingerprint density at radius 2 is 1.78 bits per heavy atom. The molecule has 120 valence electrons. The van der Waals surface area contributed by atoms with E-state index in [-0.39, 0.29) is 0 Å². The lowest BCUT2D eigenvalue weighted by atomic mass is 10.2. The van der Waals surface area contributed by atoms with E-state index in [4.69, 9.17) is 4.74 Å². The first-order valence-corrected chi connectivity index (χ1v) is 7.43. The minimum absolute atomic E-state index is 0.322. The number of hydrogen-bond donors (Lipinski definition) is 2. The van der Waals surface area contributed by atoms with Crippen molar-refractivity contribution in [1.82, 2.24) is 0 Å². The second-order valence-electron chi connectivity index (χ2n) is 4.47. The first kappa shape index (κ1) is 16.8. The largest absolute Gasteiger partial charge is 0.495 e. The smallest absolute Gasteiger partial charge is 0.339 e. The molecule has 0 unspecified atom stereocenters. The lowest BCUT2D eigenvalue weighted by molar-refractivity contribution is 0.0599. The maximum atomic E-state index is 12.1. The van der Waals surface area contributed by atoms with Gasteiger partial charge in [0, 0.05) is 10.2 Å². The maximum Gasteiger partial charge on any atom is 0.339 e. The van der Waals surface area contributed by atoms with E-state index in [1.54, 1.807) is 36.4 Å². The van der Waals surface area contributed by atoms with Gasteiger partial charge in [-0.2, -0.15) is 0 Å². The van der Waals surface area contributed by atoms with Gasteiger partial charge in [0.1, 0.15) is 5.75 Å². The van der Waals surface area contributed by atoms with Gasteiger partial charge in [-0.05, 0) is 46.3 Å². The molecule has 0 radical (unpaired) electrons.